The standard InChI is InChI=1S/C27H38N4O4S2/c1-5-31(6-2)37(34,35)21-12-10-20(11-13-21)25(32)28-26-24(27(33)29-15-8-7-9-16-29)22-14-17-30(19(3)4)18-23(22)36-26/h10-13,19H,5-9,14-18H2,1-4H3,(H,28,32). The van der Waals surface area contributed by atoms with Gasteiger partial charge in [0.25, 0.3) is 11.8 Å². The lowest BCUT2D eigenvalue weighted by Crippen LogP contribution is -2.38. The van der Waals surface area contributed by atoms with E-state index in [1.54, 1.807) is 13.8 Å². The number of thiophene rings is 1. The number of sulfonamides is 1. The van der Waals surface area contributed by atoms with Crippen molar-refractivity contribution in [2.45, 2.75) is 70.9 Å². The molecule has 1 aromatic carbocycles. The first kappa shape index (κ1) is 27.8. The molecule has 2 aliphatic rings. The van der Waals surface area contributed by atoms with Crippen LogP contribution in [-0.4, -0.2) is 73.1 Å². The molecular formula is C27H38N4O4S2. The van der Waals surface area contributed by atoms with Gasteiger partial charge >= 0.3 is 0 Å². The molecule has 1 aromatic heterocycles. The largest absolute Gasteiger partial charge is 0.339 e. The normalized spacial score (nSPS) is 16.8. The fourth-order valence-electron chi connectivity index (χ4n) is 5.10. The van der Waals surface area contributed by atoms with Crippen LogP contribution in [-0.2, 0) is 23.0 Å². The average molecular weight is 547 g/mol. The number of hydrogen-bond acceptors (Lipinski definition) is 6. The number of benzene rings is 1. The number of rotatable bonds is 8. The monoisotopic (exact) mass is 546 g/mol. The highest BCUT2D eigenvalue weighted by molar-refractivity contribution is 7.89. The molecule has 1 saturated heterocycles. The second kappa shape index (κ2) is 11.6. The maximum atomic E-state index is 13.7. The number of fused-ring (bicyclic) bond motifs is 1. The molecule has 0 atom stereocenters. The van der Waals surface area contributed by atoms with E-state index in [0.717, 1.165) is 62.3 Å². The van der Waals surface area contributed by atoms with Crippen molar-refractivity contribution in [3.8, 4) is 0 Å². The topological polar surface area (TPSA) is 90.0 Å². The Balaban J connectivity index is 1.61. The zero-order chi connectivity index (χ0) is 26.7. The van der Waals surface area contributed by atoms with Crippen LogP contribution in [0.4, 0.5) is 5.00 Å². The minimum Gasteiger partial charge on any atom is -0.339 e. The molecule has 2 amide bonds. The van der Waals surface area contributed by atoms with Crippen LogP contribution in [0.15, 0.2) is 29.2 Å². The summed E-state index contributed by atoms with van der Waals surface area (Å²) in [6.07, 6.45) is 3.93. The second-order valence-electron chi connectivity index (χ2n) is 9.94. The molecule has 0 aliphatic carbocycles. The molecule has 0 radical (unpaired) electrons. The van der Waals surface area contributed by atoms with E-state index < -0.39 is 10.0 Å². The van der Waals surface area contributed by atoms with E-state index in [9.17, 15) is 18.0 Å². The number of carbonyl (C=O) groups is 2. The maximum absolute atomic E-state index is 13.7. The molecule has 2 aromatic rings. The Morgan fingerprint density at radius 2 is 1.68 bits per heavy atom. The van der Waals surface area contributed by atoms with E-state index >= 15 is 0 Å². The molecule has 3 heterocycles. The molecule has 0 unspecified atom stereocenters. The van der Waals surface area contributed by atoms with E-state index in [0.29, 0.717) is 35.3 Å². The lowest BCUT2D eigenvalue weighted by atomic mass is 10.00. The highest BCUT2D eigenvalue weighted by Crippen LogP contribution is 2.39. The number of carbonyl (C=O) groups excluding carboxylic acids is 2. The predicted molar refractivity (Wildman–Crippen MR) is 148 cm³/mol. The summed E-state index contributed by atoms with van der Waals surface area (Å²) in [4.78, 5) is 32.5. The first-order valence-electron chi connectivity index (χ1n) is 13.3. The van der Waals surface area contributed by atoms with E-state index in [-0.39, 0.29) is 16.7 Å². The van der Waals surface area contributed by atoms with Gasteiger partial charge in [-0.05, 0) is 69.4 Å². The van der Waals surface area contributed by atoms with Gasteiger partial charge < -0.3 is 10.2 Å². The number of likely N-dealkylation sites (tertiary alicyclic amines) is 1. The SMILES string of the molecule is CCN(CC)S(=O)(=O)c1ccc(C(=O)Nc2sc3c(c2C(=O)N2CCCCC2)CCN(C(C)C)C3)cc1. The fraction of sp³-hybridized carbons (Fsp3) is 0.556. The third-order valence-corrected chi connectivity index (χ3v) is 10.6. The zero-order valence-electron chi connectivity index (χ0n) is 22.2. The third kappa shape index (κ3) is 5.77. The number of nitrogens with one attached hydrogen (secondary N) is 1. The second-order valence-corrected chi connectivity index (χ2v) is 13.0. The van der Waals surface area contributed by atoms with Gasteiger partial charge in [-0.25, -0.2) is 8.42 Å². The number of nitrogens with zero attached hydrogens (tertiary/aromatic N) is 3. The third-order valence-electron chi connectivity index (χ3n) is 7.36. The Morgan fingerprint density at radius 3 is 2.27 bits per heavy atom. The lowest BCUT2D eigenvalue weighted by molar-refractivity contribution is 0.0723. The Labute approximate surface area is 224 Å². The van der Waals surface area contributed by atoms with Gasteiger partial charge in [0, 0.05) is 55.8 Å². The van der Waals surface area contributed by atoms with Crippen LogP contribution >= 0.6 is 11.3 Å². The van der Waals surface area contributed by atoms with E-state index in [1.165, 1.54) is 39.9 Å². The van der Waals surface area contributed by atoms with Gasteiger partial charge in [0.2, 0.25) is 10.0 Å². The Hall–Kier alpha value is -2.27. The minimum absolute atomic E-state index is 0.00570. The van der Waals surface area contributed by atoms with Crippen molar-refractivity contribution in [3.05, 3.63) is 45.8 Å². The molecule has 10 heteroatoms. The predicted octanol–water partition coefficient (Wildman–Crippen LogP) is 4.42. The summed E-state index contributed by atoms with van der Waals surface area (Å²) in [6, 6.07) is 6.42. The lowest BCUT2D eigenvalue weighted by Gasteiger charge is -2.31. The van der Waals surface area contributed by atoms with Gasteiger partial charge in [-0.3, -0.25) is 14.5 Å². The van der Waals surface area contributed by atoms with E-state index in [4.69, 9.17) is 0 Å². The molecule has 1 N–H and O–H groups in total. The molecule has 4 rings (SSSR count). The van der Waals surface area contributed by atoms with Crippen LogP contribution in [0.3, 0.4) is 0 Å². The molecule has 8 nitrogen and oxygen atoms in total. The average Bonchev–Trinajstić information content (AvgIpc) is 3.26. The number of anilines is 1. The van der Waals surface area contributed by atoms with Gasteiger partial charge in [-0.15, -0.1) is 11.3 Å². The Kier molecular flexibility index (Phi) is 8.73. The highest BCUT2D eigenvalue weighted by Gasteiger charge is 2.32. The fourth-order valence-corrected chi connectivity index (χ4v) is 7.82. The van der Waals surface area contributed by atoms with Crippen molar-refractivity contribution in [1.82, 2.24) is 14.1 Å². The molecule has 0 spiro atoms. The van der Waals surface area contributed by atoms with Crippen LogP contribution in [0.5, 0.6) is 0 Å². The van der Waals surface area contributed by atoms with Gasteiger partial charge in [0.1, 0.15) is 5.00 Å². The number of piperidine rings is 1. The summed E-state index contributed by atoms with van der Waals surface area (Å²) in [7, 11) is -3.60. The van der Waals surface area contributed by atoms with Crippen molar-refractivity contribution in [1.29, 1.82) is 0 Å². The van der Waals surface area contributed by atoms with Crippen LogP contribution < -0.4 is 5.32 Å². The van der Waals surface area contributed by atoms with Crippen molar-refractivity contribution >= 4 is 38.2 Å². The minimum atomic E-state index is -3.60. The van der Waals surface area contributed by atoms with Crippen molar-refractivity contribution in [2.75, 3.05) is 38.0 Å². The number of hydrogen-bond donors (Lipinski definition) is 1. The van der Waals surface area contributed by atoms with Crippen molar-refractivity contribution in [2.24, 2.45) is 0 Å². The van der Waals surface area contributed by atoms with Gasteiger partial charge in [-0.2, -0.15) is 4.31 Å². The zero-order valence-corrected chi connectivity index (χ0v) is 23.9. The molecule has 202 valence electrons. The summed E-state index contributed by atoms with van der Waals surface area (Å²) in [5.74, 6) is -0.343. The summed E-state index contributed by atoms with van der Waals surface area (Å²) < 4.78 is 27.0. The summed E-state index contributed by atoms with van der Waals surface area (Å²) >= 11 is 1.49. The Bertz CT molecular complexity index is 1230. The summed E-state index contributed by atoms with van der Waals surface area (Å²) in [6.45, 7) is 11.9. The molecule has 37 heavy (non-hydrogen) atoms. The van der Waals surface area contributed by atoms with Crippen molar-refractivity contribution in [3.63, 3.8) is 0 Å². The molecule has 1 fully saturated rings. The molecule has 2 aliphatic heterocycles. The van der Waals surface area contributed by atoms with Crippen molar-refractivity contribution < 1.29 is 18.0 Å². The van der Waals surface area contributed by atoms with E-state index in [1.807, 2.05) is 4.90 Å². The summed E-state index contributed by atoms with van der Waals surface area (Å²) in [5.41, 5.74) is 2.05. The van der Waals surface area contributed by atoms with Crippen LogP contribution in [0.25, 0.3) is 0 Å². The Morgan fingerprint density at radius 1 is 1.03 bits per heavy atom. The molecular weight excluding hydrogens is 508 g/mol. The first-order valence-corrected chi connectivity index (χ1v) is 15.5. The quantitative estimate of drug-likeness (QED) is 0.529. The van der Waals surface area contributed by atoms with Gasteiger partial charge in [0.15, 0.2) is 0 Å². The molecule has 0 saturated carbocycles. The first-order chi connectivity index (χ1) is 17.7. The van der Waals surface area contributed by atoms with Crippen LogP contribution in [0.2, 0.25) is 0 Å². The van der Waals surface area contributed by atoms with E-state index in [2.05, 4.69) is 24.1 Å². The van der Waals surface area contributed by atoms with Crippen LogP contribution in [0.1, 0.15) is 78.1 Å². The highest BCUT2D eigenvalue weighted by atomic mass is 32.2. The van der Waals surface area contributed by atoms with Crippen LogP contribution in [0, 0.1) is 0 Å². The summed E-state index contributed by atoms with van der Waals surface area (Å²) in [5, 5.41) is 3.60. The number of amides is 2. The van der Waals surface area contributed by atoms with Gasteiger partial charge in [-0.1, -0.05) is 13.8 Å². The molecule has 0 bridgehead atoms. The maximum Gasteiger partial charge on any atom is 0.257 e. The smallest absolute Gasteiger partial charge is 0.257 e. The van der Waals surface area contributed by atoms with Gasteiger partial charge in [0.05, 0.1) is 10.5 Å².